The van der Waals surface area contributed by atoms with E-state index in [-0.39, 0.29) is 5.04 Å². The third kappa shape index (κ3) is 3.97. The molecule has 28 heavy (non-hydrogen) atoms. The van der Waals surface area contributed by atoms with E-state index in [1.54, 1.807) is 0 Å². The SMILES string of the molecule is CC/C=C(/O[Si](c1ccccc1)(c1ccccc1)C(C)(C)C)c1ccccc1. The highest BCUT2D eigenvalue weighted by Gasteiger charge is 2.52. The van der Waals surface area contributed by atoms with Crippen molar-refractivity contribution in [2.45, 2.75) is 39.2 Å². The van der Waals surface area contributed by atoms with Gasteiger partial charge in [-0.2, -0.15) is 0 Å². The minimum atomic E-state index is -2.60. The van der Waals surface area contributed by atoms with E-state index in [1.807, 2.05) is 0 Å². The van der Waals surface area contributed by atoms with Gasteiger partial charge in [-0.3, -0.25) is 0 Å². The molecular weight excluding hydrogens is 356 g/mol. The predicted molar refractivity (Wildman–Crippen MR) is 123 cm³/mol. The topological polar surface area (TPSA) is 9.23 Å². The van der Waals surface area contributed by atoms with E-state index in [2.05, 4.69) is 125 Å². The van der Waals surface area contributed by atoms with Gasteiger partial charge in [0, 0.05) is 5.56 Å². The van der Waals surface area contributed by atoms with Gasteiger partial charge in [-0.15, -0.1) is 0 Å². The molecule has 2 heteroatoms. The van der Waals surface area contributed by atoms with Gasteiger partial charge in [-0.1, -0.05) is 119 Å². The first-order chi connectivity index (χ1) is 13.5. The van der Waals surface area contributed by atoms with Gasteiger partial charge in [0.05, 0.1) is 0 Å². The summed E-state index contributed by atoms with van der Waals surface area (Å²) in [5.74, 6) is 0.984. The Morgan fingerprint density at radius 2 is 1.18 bits per heavy atom. The Morgan fingerprint density at radius 1 is 0.750 bits per heavy atom. The lowest BCUT2D eigenvalue weighted by Gasteiger charge is -2.43. The van der Waals surface area contributed by atoms with Crippen molar-refractivity contribution in [2.75, 3.05) is 0 Å². The van der Waals surface area contributed by atoms with Crippen molar-refractivity contribution in [3.8, 4) is 0 Å². The van der Waals surface area contributed by atoms with Gasteiger partial charge < -0.3 is 4.43 Å². The molecule has 0 unspecified atom stereocenters. The normalized spacial score (nSPS) is 12.6. The fraction of sp³-hybridized carbons (Fsp3) is 0.231. The van der Waals surface area contributed by atoms with E-state index in [4.69, 9.17) is 4.43 Å². The highest BCUT2D eigenvalue weighted by atomic mass is 28.4. The zero-order chi connectivity index (χ0) is 20.0. The van der Waals surface area contributed by atoms with E-state index >= 15 is 0 Å². The van der Waals surface area contributed by atoms with Crippen molar-refractivity contribution in [1.82, 2.24) is 0 Å². The number of benzene rings is 3. The number of rotatable bonds is 6. The van der Waals surface area contributed by atoms with Gasteiger partial charge in [-0.05, 0) is 27.9 Å². The molecule has 0 aliphatic carbocycles. The van der Waals surface area contributed by atoms with Crippen LogP contribution in [0.3, 0.4) is 0 Å². The molecule has 3 rings (SSSR count). The molecule has 3 aromatic rings. The third-order valence-corrected chi connectivity index (χ3v) is 10.1. The minimum absolute atomic E-state index is 0.0443. The molecule has 0 saturated heterocycles. The Bertz CT molecular complexity index is 854. The molecular formula is C26H30OSi. The standard InChI is InChI=1S/C26H30OSi/c1-5-15-25(22-16-9-6-10-17-22)27-28(26(2,3)4,23-18-11-7-12-19-23)24-20-13-8-14-21-24/h6-21H,5H2,1-4H3/b25-15+. The summed E-state index contributed by atoms with van der Waals surface area (Å²) in [6.45, 7) is 9.10. The van der Waals surface area contributed by atoms with Gasteiger partial charge in [0.2, 0.25) is 0 Å². The Labute approximate surface area is 170 Å². The van der Waals surface area contributed by atoms with E-state index in [1.165, 1.54) is 10.4 Å². The molecule has 0 fully saturated rings. The van der Waals surface area contributed by atoms with Gasteiger partial charge >= 0.3 is 8.32 Å². The van der Waals surface area contributed by atoms with Crippen LogP contribution in [0.5, 0.6) is 0 Å². The second-order valence-corrected chi connectivity index (χ2v) is 12.3. The summed E-state index contributed by atoms with van der Waals surface area (Å²) in [7, 11) is -2.60. The van der Waals surface area contributed by atoms with Crippen molar-refractivity contribution in [3.63, 3.8) is 0 Å². The second-order valence-electron chi connectivity index (χ2n) is 8.11. The maximum atomic E-state index is 7.20. The van der Waals surface area contributed by atoms with Crippen molar-refractivity contribution in [3.05, 3.63) is 103 Å². The fourth-order valence-corrected chi connectivity index (χ4v) is 8.28. The first kappa shape index (κ1) is 20.2. The summed E-state index contributed by atoms with van der Waals surface area (Å²) in [4.78, 5) is 0. The lowest BCUT2D eigenvalue weighted by molar-refractivity contribution is 0.472. The predicted octanol–water partition coefficient (Wildman–Crippen LogP) is 6.01. The maximum Gasteiger partial charge on any atom is 0.319 e. The van der Waals surface area contributed by atoms with Crippen LogP contribution in [0.2, 0.25) is 5.04 Å². The van der Waals surface area contributed by atoms with E-state index in [9.17, 15) is 0 Å². The zero-order valence-electron chi connectivity index (χ0n) is 17.4. The van der Waals surface area contributed by atoms with Gasteiger partial charge in [0.1, 0.15) is 5.76 Å². The highest BCUT2D eigenvalue weighted by molar-refractivity contribution is 7.00. The molecule has 3 aromatic carbocycles. The number of hydrogen-bond donors (Lipinski definition) is 0. The maximum absolute atomic E-state index is 7.20. The molecule has 0 atom stereocenters. The average molecular weight is 387 g/mol. The van der Waals surface area contributed by atoms with Crippen LogP contribution in [-0.2, 0) is 4.43 Å². The first-order valence-corrected chi connectivity index (χ1v) is 12.0. The molecule has 0 bridgehead atoms. The van der Waals surface area contributed by atoms with Gasteiger partial charge in [-0.25, -0.2) is 0 Å². The van der Waals surface area contributed by atoms with Crippen LogP contribution < -0.4 is 10.4 Å². The van der Waals surface area contributed by atoms with Crippen molar-refractivity contribution in [1.29, 1.82) is 0 Å². The molecule has 0 aromatic heterocycles. The molecule has 0 aliphatic rings. The molecule has 144 valence electrons. The van der Waals surface area contributed by atoms with Gasteiger partial charge in [0.25, 0.3) is 0 Å². The molecule has 0 spiro atoms. The molecule has 0 N–H and O–H groups in total. The Morgan fingerprint density at radius 3 is 1.57 bits per heavy atom. The summed E-state index contributed by atoms with van der Waals surface area (Å²) < 4.78 is 7.20. The lowest BCUT2D eigenvalue weighted by Crippen LogP contribution is -2.66. The largest absolute Gasteiger partial charge is 0.534 e. The highest BCUT2D eigenvalue weighted by Crippen LogP contribution is 2.39. The van der Waals surface area contributed by atoms with Crippen LogP contribution in [0, 0.1) is 0 Å². The Balaban J connectivity index is 2.25. The minimum Gasteiger partial charge on any atom is -0.534 e. The molecule has 0 heterocycles. The van der Waals surface area contributed by atoms with Gasteiger partial charge in [0.15, 0.2) is 0 Å². The fourth-order valence-electron chi connectivity index (χ4n) is 3.82. The summed E-state index contributed by atoms with van der Waals surface area (Å²) >= 11 is 0. The van der Waals surface area contributed by atoms with Crippen LogP contribution >= 0.6 is 0 Å². The van der Waals surface area contributed by atoms with Crippen LogP contribution in [0.15, 0.2) is 97.1 Å². The van der Waals surface area contributed by atoms with Crippen LogP contribution in [0.4, 0.5) is 0 Å². The van der Waals surface area contributed by atoms with Crippen molar-refractivity contribution >= 4 is 24.5 Å². The molecule has 0 amide bonds. The number of hydrogen-bond acceptors (Lipinski definition) is 1. The summed E-state index contributed by atoms with van der Waals surface area (Å²) in [5, 5.41) is 2.55. The van der Waals surface area contributed by atoms with Crippen molar-refractivity contribution < 1.29 is 4.43 Å². The smallest absolute Gasteiger partial charge is 0.319 e. The van der Waals surface area contributed by atoms with Crippen LogP contribution in [0.1, 0.15) is 39.7 Å². The molecule has 0 aliphatic heterocycles. The molecule has 0 radical (unpaired) electrons. The Kier molecular flexibility index (Phi) is 6.20. The van der Waals surface area contributed by atoms with Crippen LogP contribution in [-0.4, -0.2) is 8.32 Å². The average Bonchev–Trinajstić information content (AvgIpc) is 2.72. The quantitative estimate of drug-likeness (QED) is 0.372. The van der Waals surface area contributed by atoms with E-state index < -0.39 is 8.32 Å². The van der Waals surface area contributed by atoms with E-state index in [0.717, 1.165) is 17.7 Å². The van der Waals surface area contributed by atoms with Crippen LogP contribution in [0.25, 0.3) is 5.76 Å². The second kappa shape index (κ2) is 8.62. The monoisotopic (exact) mass is 386 g/mol. The Hall–Kier alpha value is -2.58. The summed E-state index contributed by atoms with van der Waals surface area (Å²) in [6, 6.07) is 32.1. The van der Waals surface area contributed by atoms with E-state index in [0.29, 0.717) is 0 Å². The third-order valence-electron chi connectivity index (χ3n) is 5.13. The molecule has 1 nitrogen and oxygen atoms in total. The summed E-state index contributed by atoms with van der Waals surface area (Å²) in [6.07, 6.45) is 3.15. The number of allylic oxidation sites excluding steroid dienone is 1. The summed E-state index contributed by atoms with van der Waals surface area (Å²) in [5.41, 5.74) is 1.14. The first-order valence-electron chi connectivity index (χ1n) is 10.0. The van der Waals surface area contributed by atoms with Crippen molar-refractivity contribution in [2.24, 2.45) is 0 Å². The zero-order valence-corrected chi connectivity index (χ0v) is 18.4. The lowest BCUT2D eigenvalue weighted by atomic mass is 10.2. The molecule has 0 saturated carbocycles.